The molecule has 0 bridgehead atoms. The molecule has 15 heavy (non-hydrogen) atoms. The van der Waals surface area contributed by atoms with Crippen LogP contribution in [0, 0.1) is 0 Å². The number of aromatic amines is 1. The zero-order valence-corrected chi connectivity index (χ0v) is 9.00. The lowest BCUT2D eigenvalue weighted by molar-refractivity contribution is 0.971. The molecule has 2 rings (SSSR count). The fourth-order valence-electron chi connectivity index (χ4n) is 1.31. The number of nitrogens with zero attached hydrogens (tertiary/aromatic N) is 2. The van der Waals surface area contributed by atoms with Crippen molar-refractivity contribution in [3.63, 3.8) is 0 Å². The second kappa shape index (κ2) is 4.95. The first kappa shape index (κ1) is 10.2. The average molecular weight is 220 g/mol. The number of nitrogens with two attached hydrogens (primary N) is 1. The van der Waals surface area contributed by atoms with E-state index in [-0.39, 0.29) is 0 Å². The number of hydrogen-bond donors (Lipinski definition) is 2. The smallest absolute Gasteiger partial charge is 0.183 e. The number of benzene rings is 1. The van der Waals surface area contributed by atoms with Crippen LogP contribution in [0.3, 0.4) is 0 Å². The Morgan fingerprint density at radius 3 is 2.73 bits per heavy atom. The number of H-pyrrole nitrogens is 1. The van der Waals surface area contributed by atoms with Gasteiger partial charge in [-0.2, -0.15) is 5.10 Å². The molecule has 0 saturated heterocycles. The van der Waals surface area contributed by atoms with E-state index in [2.05, 4.69) is 27.3 Å². The predicted molar refractivity (Wildman–Crippen MR) is 60.3 cm³/mol. The highest BCUT2D eigenvalue weighted by Crippen LogP contribution is 2.20. The second-order valence-electron chi connectivity index (χ2n) is 3.05. The van der Waals surface area contributed by atoms with Crippen molar-refractivity contribution < 1.29 is 0 Å². The standard InChI is InChI=1S/C10H12N4S/c11-5-8-3-1-2-4-9(8)6-15-10-12-7-13-14-10/h1-4,7H,5-6,11H2,(H,12,13,14). The van der Waals surface area contributed by atoms with E-state index >= 15 is 0 Å². The molecule has 0 aliphatic carbocycles. The molecule has 0 amide bonds. The van der Waals surface area contributed by atoms with Crippen molar-refractivity contribution in [1.29, 1.82) is 0 Å². The zero-order chi connectivity index (χ0) is 10.5. The van der Waals surface area contributed by atoms with Crippen LogP contribution in [0.5, 0.6) is 0 Å². The first-order chi connectivity index (χ1) is 7.40. The average Bonchev–Trinajstić information content (AvgIpc) is 2.79. The van der Waals surface area contributed by atoms with Gasteiger partial charge in [0.1, 0.15) is 6.33 Å². The summed E-state index contributed by atoms with van der Waals surface area (Å²) in [7, 11) is 0. The van der Waals surface area contributed by atoms with Crippen molar-refractivity contribution in [2.75, 3.05) is 0 Å². The summed E-state index contributed by atoms with van der Waals surface area (Å²) in [5, 5.41) is 7.45. The largest absolute Gasteiger partial charge is 0.326 e. The van der Waals surface area contributed by atoms with Crippen molar-refractivity contribution >= 4 is 11.8 Å². The molecule has 0 spiro atoms. The summed E-state index contributed by atoms with van der Waals surface area (Å²) in [6.45, 7) is 0.577. The van der Waals surface area contributed by atoms with E-state index in [0.29, 0.717) is 6.54 Å². The molecule has 4 nitrogen and oxygen atoms in total. The van der Waals surface area contributed by atoms with Crippen molar-refractivity contribution in [3.8, 4) is 0 Å². The maximum absolute atomic E-state index is 5.65. The predicted octanol–water partition coefficient (Wildman–Crippen LogP) is 1.56. The van der Waals surface area contributed by atoms with Crippen LogP contribution >= 0.6 is 11.8 Å². The topological polar surface area (TPSA) is 67.6 Å². The Balaban J connectivity index is 2.04. The molecule has 3 N–H and O–H groups in total. The molecule has 0 aliphatic rings. The van der Waals surface area contributed by atoms with Crippen molar-refractivity contribution in [2.24, 2.45) is 5.73 Å². The van der Waals surface area contributed by atoms with Gasteiger partial charge in [-0.25, -0.2) is 4.98 Å². The van der Waals surface area contributed by atoms with Crippen LogP contribution in [0.15, 0.2) is 35.7 Å². The van der Waals surface area contributed by atoms with Crippen LogP contribution < -0.4 is 5.73 Å². The molecular weight excluding hydrogens is 208 g/mol. The highest BCUT2D eigenvalue weighted by molar-refractivity contribution is 7.98. The van der Waals surface area contributed by atoms with Gasteiger partial charge in [-0.15, -0.1) is 0 Å². The molecule has 1 aromatic carbocycles. The normalized spacial score (nSPS) is 10.5. The maximum Gasteiger partial charge on any atom is 0.183 e. The van der Waals surface area contributed by atoms with Crippen LogP contribution in [0.25, 0.3) is 0 Å². The van der Waals surface area contributed by atoms with Gasteiger partial charge in [-0.3, -0.25) is 5.10 Å². The lowest BCUT2D eigenvalue weighted by Gasteiger charge is -2.05. The molecule has 0 atom stereocenters. The maximum atomic E-state index is 5.65. The molecule has 5 heteroatoms. The third-order valence-electron chi connectivity index (χ3n) is 2.10. The van der Waals surface area contributed by atoms with Gasteiger partial charge < -0.3 is 5.73 Å². The van der Waals surface area contributed by atoms with Gasteiger partial charge in [0.2, 0.25) is 0 Å². The number of thioether (sulfide) groups is 1. The van der Waals surface area contributed by atoms with E-state index in [1.54, 1.807) is 11.8 Å². The Morgan fingerprint density at radius 1 is 1.27 bits per heavy atom. The fraction of sp³-hybridized carbons (Fsp3) is 0.200. The molecule has 0 fully saturated rings. The van der Waals surface area contributed by atoms with Gasteiger partial charge in [-0.1, -0.05) is 36.0 Å². The van der Waals surface area contributed by atoms with E-state index in [0.717, 1.165) is 10.9 Å². The third kappa shape index (κ3) is 2.57. The SMILES string of the molecule is NCc1ccccc1CSc1ncn[nH]1. The molecule has 78 valence electrons. The van der Waals surface area contributed by atoms with Crippen molar-refractivity contribution in [1.82, 2.24) is 15.2 Å². The number of rotatable bonds is 4. The molecule has 2 aromatic rings. The van der Waals surface area contributed by atoms with Crippen molar-refractivity contribution in [2.45, 2.75) is 17.5 Å². The van der Waals surface area contributed by atoms with Gasteiger partial charge in [0, 0.05) is 12.3 Å². The Labute approximate surface area is 92.3 Å². The molecule has 1 heterocycles. The Kier molecular flexibility index (Phi) is 3.37. The Hall–Kier alpha value is -1.33. The minimum absolute atomic E-state index is 0.577. The fourth-order valence-corrected chi connectivity index (χ4v) is 2.12. The van der Waals surface area contributed by atoms with E-state index in [4.69, 9.17) is 5.73 Å². The van der Waals surface area contributed by atoms with E-state index < -0.39 is 0 Å². The molecule has 0 aliphatic heterocycles. The van der Waals surface area contributed by atoms with E-state index in [1.165, 1.54) is 17.5 Å². The monoisotopic (exact) mass is 220 g/mol. The molecule has 0 radical (unpaired) electrons. The van der Waals surface area contributed by atoms with Crippen LogP contribution in [-0.2, 0) is 12.3 Å². The highest BCUT2D eigenvalue weighted by atomic mass is 32.2. The minimum Gasteiger partial charge on any atom is -0.326 e. The van der Waals surface area contributed by atoms with Gasteiger partial charge in [0.15, 0.2) is 5.16 Å². The first-order valence-electron chi connectivity index (χ1n) is 4.65. The van der Waals surface area contributed by atoms with Crippen LogP contribution in [0.2, 0.25) is 0 Å². The third-order valence-corrected chi connectivity index (χ3v) is 3.02. The summed E-state index contributed by atoms with van der Waals surface area (Å²) < 4.78 is 0. The van der Waals surface area contributed by atoms with Crippen LogP contribution in [-0.4, -0.2) is 15.2 Å². The quantitative estimate of drug-likeness (QED) is 0.767. The number of hydrogen-bond acceptors (Lipinski definition) is 4. The summed E-state index contributed by atoms with van der Waals surface area (Å²) >= 11 is 1.62. The van der Waals surface area contributed by atoms with Gasteiger partial charge in [0.05, 0.1) is 0 Å². The summed E-state index contributed by atoms with van der Waals surface area (Å²) in [6, 6.07) is 8.17. The zero-order valence-electron chi connectivity index (χ0n) is 8.18. The Bertz CT molecular complexity index is 413. The van der Waals surface area contributed by atoms with Gasteiger partial charge in [-0.05, 0) is 11.1 Å². The number of aromatic nitrogens is 3. The Morgan fingerprint density at radius 2 is 2.07 bits per heavy atom. The lowest BCUT2D eigenvalue weighted by Crippen LogP contribution is -2.00. The van der Waals surface area contributed by atoms with Crippen LogP contribution in [0.4, 0.5) is 0 Å². The highest BCUT2D eigenvalue weighted by Gasteiger charge is 2.02. The van der Waals surface area contributed by atoms with Crippen LogP contribution in [0.1, 0.15) is 11.1 Å². The number of nitrogens with one attached hydrogen (secondary N) is 1. The van der Waals surface area contributed by atoms with Crippen molar-refractivity contribution in [3.05, 3.63) is 41.7 Å². The summed E-state index contributed by atoms with van der Waals surface area (Å²) in [6.07, 6.45) is 1.51. The first-order valence-corrected chi connectivity index (χ1v) is 5.63. The summed E-state index contributed by atoms with van der Waals surface area (Å²) in [4.78, 5) is 4.05. The summed E-state index contributed by atoms with van der Waals surface area (Å²) in [5.41, 5.74) is 8.09. The molecule has 0 unspecified atom stereocenters. The minimum atomic E-state index is 0.577. The van der Waals surface area contributed by atoms with E-state index in [9.17, 15) is 0 Å². The molecule has 1 aromatic heterocycles. The van der Waals surface area contributed by atoms with E-state index in [1.807, 2.05) is 12.1 Å². The van der Waals surface area contributed by atoms with Gasteiger partial charge >= 0.3 is 0 Å². The second-order valence-corrected chi connectivity index (χ2v) is 4.02. The molecule has 0 saturated carbocycles. The lowest BCUT2D eigenvalue weighted by atomic mass is 10.1. The van der Waals surface area contributed by atoms with Gasteiger partial charge in [0.25, 0.3) is 0 Å². The molecular formula is C10H12N4S. The summed E-state index contributed by atoms with van der Waals surface area (Å²) in [5.74, 6) is 0.864.